The molecular weight excluding hydrogens is 758 g/mol. The third-order valence-electron chi connectivity index (χ3n) is 11.4. The van der Waals surface area contributed by atoms with E-state index in [0.29, 0.717) is 47.9 Å². The van der Waals surface area contributed by atoms with Crippen LogP contribution in [0.15, 0.2) is 72.8 Å². The molecule has 3 fully saturated rings. The van der Waals surface area contributed by atoms with Gasteiger partial charge in [0.1, 0.15) is 29.5 Å². The van der Waals surface area contributed by atoms with Gasteiger partial charge in [-0.05, 0) is 74.2 Å². The Morgan fingerprint density at radius 3 is 2.52 bits per heavy atom. The summed E-state index contributed by atoms with van der Waals surface area (Å²) < 4.78 is 68.4. The molecule has 302 valence electrons. The van der Waals surface area contributed by atoms with Crippen LogP contribution < -0.4 is 15.0 Å². The van der Waals surface area contributed by atoms with E-state index < -0.39 is 53.3 Å². The molecule has 12 nitrogen and oxygen atoms in total. The number of rotatable bonds is 11. The van der Waals surface area contributed by atoms with Gasteiger partial charge >= 0.3 is 6.18 Å². The van der Waals surface area contributed by atoms with Gasteiger partial charge in [0.15, 0.2) is 5.69 Å². The van der Waals surface area contributed by atoms with Gasteiger partial charge in [0.05, 0.1) is 37.1 Å². The zero-order valence-corrected chi connectivity index (χ0v) is 31.7. The Balaban J connectivity index is 1.19. The van der Waals surface area contributed by atoms with E-state index in [4.69, 9.17) is 14.6 Å². The van der Waals surface area contributed by atoms with Crippen LogP contribution in [0.4, 0.5) is 23.4 Å². The maximum atomic E-state index is 14.7. The monoisotopic (exact) mass is 799 g/mol. The number of anilines is 1. The van der Waals surface area contributed by atoms with E-state index in [1.165, 1.54) is 44.8 Å². The number of ether oxygens (including phenoxy) is 2. The molecule has 3 aromatic carbocycles. The first-order valence-electron chi connectivity index (χ1n) is 19.3. The van der Waals surface area contributed by atoms with Crippen LogP contribution in [0.3, 0.4) is 0 Å². The van der Waals surface area contributed by atoms with Crippen molar-refractivity contribution >= 4 is 23.5 Å². The highest BCUT2D eigenvalue weighted by atomic mass is 19.4. The summed E-state index contributed by atoms with van der Waals surface area (Å²) in [6.07, 6.45) is -2.91. The van der Waals surface area contributed by atoms with Crippen molar-refractivity contribution in [3.63, 3.8) is 0 Å². The molecule has 1 spiro atoms. The van der Waals surface area contributed by atoms with E-state index in [1.807, 2.05) is 0 Å². The van der Waals surface area contributed by atoms with Gasteiger partial charge in [0.25, 0.3) is 17.7 Å². The minimum atomic E-state index is -4.73. The quantitative estimate of drug-likeness (QED) is 0.154. The van der Waals surface area contributed by atoms with Crippen molar-refractivity contribution in [2.75, 3.05) is 57.4 Å². The number of nitriles is 1. The number of amides is 3. The molecule has 0 unspecified atom stereocenters. The fourth-order valence-corrected chi connectivity index (χ4v) is 8.53. The van der Waals surface area contributed by atoms with Gasteiger partial charge in [0, 0.05) is 61.2 Å². The SMILES string of the molecule is CCN1C(=O)[C@@H](NC(=O)c2cccc(C(F)(F)F)c2)[C@@H](c2ccc(F)cc2)c2c(C(=O)N3CCC[C@H]3C#N)nn(-c3cccc(OCCCN4CC5(COC5)C4)c3)c21. The van der Waals surface area contributed by atoms with Crippen LogP contribution in [0.5, 0.6) is 5.75 Å². The Kier molecular flexibility index (Phi) is 10.4. The maximum Gasteiger partial charge on any atom is 0.416 e. The lowest BCUT2D eigenvalue weighted by molar-refractivity contribution is -0.189. The number of likely N-dealkylation sites (tertiary alicyclic amines) is 2. The Morgan fingerprint density at radius 1 is 1.07 bits per heavy atom. The number of alkyl halides is 3. The van der Waals surface area contributed by atoms with Crippen molar-refractivity contribution in [1.29, 1.82) is 5.26 Å². The molecule has 4 aliphatic rings. The highest BCUT2D eigenvalue weighted by Gasteiger charge is 2.49. The number of benzene rings is 3. The van der Waals surface area contributed by atoms with Crippen LogP contribution in [0, 0.1) is 22.6 Å². The average molecular weight is 800 g/mol. The molecule has 0 bridgehead atoms. The third kappa shape index (κ3) is 7.28. The second-order valence-electron chi connectivity index (χ2n) is 15.3. The zero-order chi connectivity index (χ0) is 40.8. The number of carbonyl (C=O) groups excluding carboxylic acids is 3. The van der Waals surface area contributed by atoms with Crippen LogP contribution >= 0.6 is 0 Å². The Hall–Kier alpha value is -5.79. The molecule has 0 radical (unpaired) electrons. The lowest BCUT2D eigenvalue weighted by Gasteiger charge is -2.55. The van der Waals surface area contributed by atoms with E-state index in [0.717, 1.165) is 51.4 Å². The molecule has 1 N–H and O–H groups in total. The third-order valence-corrected chi connectivity index (χ3v) is 11.4. The predicted octanol–water partition coefficient (Wildman–Crippen LogP) is 5.56. The van der Waals surface area contributed by atoms with Crippen LogP contribution in [-0.4, -0.2) is 102 Å². The van der Waals surface area contributed by atoms with Crippen molar-refractivity contribution in [3.05, 3.63) is 107 Å². The smallest absolute Gasteiger partial charge is 0.416 e. The highest BCUT2D eigenvalue weighted by molar-refractivity contribution is 6.07. The molecule has 3 atom stereocenters. The van der Waals surface area contributed by atoms with Crippen molar-refractivity contribution in [2.24, 2.45) is 5.41 Å². The fraction of sp³-hybridized carbons (Fsp3) is 0.405. The Labute approximate surface area is 331 Å². The van der Waals surface area contributed by atoms with Crippen LogP contribution in [0.2, 0.25) is 0 Å². The van der Waals surface area contributed by atoms with Crippen molar-refractivity contribution in [1.82, 2.24) is 24.9 Å². The average Bonchev–Trinajstić information content (AvgIpc) is 3.83. The number of aromatic nitrogens is 2. The molecule has 4 aliphatic heterocycles. The van der Waals surface area contributed by atoms with Gasteiger partial charge in [-0.15, -0.1) is 0 Å². The topological polar surface area (TPSA) is 133 Å². The predicted molar refractivity (Wildman–Crippen MR) is 202 cm³/mol. The minimum absolute atomic E-state index is 0.0435. The summed E-state index contributed by atoms with van der Waals surface area (Å²) in [5.74, 6) is -3.17. The Bertz CT molecular complexity index is 2260. The van der Waals surface area contributed by atoms with Crippen molar-refractivity contribution < 1.29 is 41.4 Å². The normalized spacial score (nSPS) is 21.2. The zero-order valence-electron chi connectivity index (χ0n) is 31.7. The number of fused-ring (bicyclic) bond motifs is 1. The lowest BCUT2D eigenvalue weighted by atomic mass is 9.78. The first-order chi connectivity index (χ1) is 27.9. The molecule has 5 heterocycles. The largest absolute Gasteiger partial charge is 0.493 e. The molecule has 16 heteroatoms. The first kappa shape index (κ1) is 39.1. The summed E-state index contributed by atoms with van der Waals surface area (Å²) in [5, 5.41) is 17.5. The molecule has 4 aromatic rings. The second-order valence-corrected chi connectivity index (χ2v) is 15.3. The molecular formula is C42H41F4N7O5. The molecule has 0 saturated carbocycles. The molecule has 3 amide bonds. The molecule has 1 aromatic heterocycles. The molecule has 8 rings (SSSR count). The van der Waals surface area contributed by atoms with Crippen LogP contribution in [0.25, 0.3) is 5.69 Å². The van der Waals surface area contributed by atoms with E-state index in [-0.39, 0.29) is 35.7 Å². The standard InChI is InChI=1S/C42H41F4N7O5/c1-2-51-38-34(33(26-12-14-29(43)15-13-26)35(39(51)55)48-37(54)27-7-3-8-28(19-27)42(44,45)46)36(40(56)52-17-5-10-31(52)21-47)49-53(38)30-9-4-11-32(20-30)58-18-6-16-50-22-41(23-50)24-57-25-41/h3-4,7-9,11-15,19-20,31,33,35H,2,5-6,10,16-18,22-25H2,1H3,(H,48,54)/t31-,33-,35-/m0/s1. The van der Waals surface area contributed by atoms with Gasteiger partial charge in [-0.1, -0.05) is 24.3 Å². The minimum Gasteiger partial charge on any atom is -0.493 e. The summed E-state index contributed by atoms with van der Waals surface area (Å²) in [6.45, 7) is 7.00. The fourth-order valence-electron chi connectivity index (χ4n) is 8.53. The van der Waals surface area contributed by atoms with Gasteiger partial charge in [-0.3, -0.25) is 19.3 Å². The number of hydrogen-bond acceptors (Lipinski definition) is 8. The van der Waals surface area contributed by atoms with E-state index in [2.05, 4.69) is 16.3 Å². The summed E-state index contributed by atoms with van der Waals surface area (Å²) >= 11 is 0. The van der Waals surface area contributed by atoms with Gasteiger partial charge in [-0.25, -0.2) is 9.07 Å². The van der Waals surface area contributed by atoms with Gasteiger partial charge < -0.3 is 24.6 Å². The Morgan fingerprint density at radius 2 is 1.83 bits per heavy atom. The van der Waals surface area contributed by atoms with E-state index in [9.17, 15) is 37.2 Å². The molecule has 58 heavy (non-hydrogen) atoms. The summed E-state index contributed by atoms with van der Waals surface area (Å²) in [4.78, 5) is 48.3. The molecule has 3 saturated heterocycles. The van der Waals surface area contributed by atoms with Crippen molar-refractivity contribution in [2.45, 2.75) is 50.4 Å². The van der Waals surface area contributed by atoms with E-state index >= 15 is 0 Å². The number of nitrogens with zero attached hydrogens (tertiary/aromatic N) is 6. The number of hydrogen-bond donors (Lipinski definition) is 1. The summed E-state index contributed by atoms with van der Waals surface area (Å²) in [7, 11) is 0. The van der Waals surface area contributed by atoms with Crippen LogP contribution in [0.1, 0.15) is 69.6 Å². The number of likely N-dealkylation sites (N-methyl/N-ethyl adjacent to an activating group) is 1. The van der Waals surface area contributed by atoms with Crippen molar-refractivity contribution in [3.8, 4) is 17.5 Å². The van der Waals surface area contributed by atoms with Gasteiger partial charge in [0.2, 0.25) is 0 Å². The summed E-state index contributed by atoms with van der Waals surface area (Å²) in [6, 6.07) is 16.1. The number of halogens is 4. The lowest BCUT2D eigenvalue weighted by Crippen LogP contribution is -2.65. The number of carbonyl (C=O) groups is 3. The first-order valence-corrected chi connectivity index (χ1v) is 19.3. The maximum absolute atomic E-state index is 14.7. The van der Waals surface area contributed by atoms with E-state index in [1.54, 1.807) is 31.2 Å². The highest BCUT2D eigenvalue weighted by Crippen LogP contribution is 2.45. The number of nitrogens with one attached hydrogen (secondary N) is 1. The second kappa shape index (κ2) is 15.5. The summed E-state index contributed by atoms with van der Waals surface area (Å²) in [5.41, 5.74) is -0.139. The van der Waals surface area contributed by atoms with Crippen LogP contribution in [-0.2, 0) is 15.7 Å². The van der Waals surface area contributed by atoms with Gasteiger partial charge in [-0.2, -0.15) is 23.5 Å². The molecule has 0 aliphatic carbocycles.